The van der Waals surface area contributed by atoms with Gasteiger partial charge in [-0.1, -0.05) is 0 Å². The van der Waals surface area contributed by atoms with Crippen molar-refractivity contribution in [2.75, 3.05) is 7.11 Å². The molecule has 150 valence electrons. The van der Waals surface area contributed by atoms with Crippen molar-refractivity contribution in [3.8, 4) is 0 Å². The van der Waals surface area contributed by atoms with Gasteiger partial charge in [0.05, 0.1) is 18.2 Å². The number of rotatable bonds is 2. The minimum absolute atomic E-state index is 0.144. The zero-order valence-electron chi connectivity index (χ0n) is 16.4. The van der Waals surface area contributed by atoms with Crippen molar-refractivity contribution in [1.82, 2.24) is 19.6 Å². The Balaban J connectivity index is 0.000000271. The molecule has 0 amide bonds. The number of carboxylic acids is 1. The van der Waals surface area contributed by atoms with Gasteiger partial charge >= 0.3 is 11.9 Å². The van der Waals surface area contributed by atoms with Gasteiger partial charge in [-0.25, -0.2) is 9.59 Å². The summed E-state index contributed by atoms with van der Waals surface area (Å²) < 4.78 is 8.86. The van der Waals surface area contributed by atoms with Gasteiger partial charge in [0, 0.05) is 12.4 Å². The average Bonchev–Trinajstić information content (AvgIpc) is 3.09. The molecule has 0 spiro atoms. The second kappa shape index (κ2) is 8.55. The highest BCUT2D eigenvalue weighted by Gasteiger charge is 2.21. The fourth-order valence-corrected chi connectivity index (χ4v) is 2.66. The van der Waals surface area contributed by atoms with Crippen molar-refractivity contribution in [3.05, 3.63) is 32.7 Å². The number of hydrogen-bond donors (Lipinski definition) is 1. The van der Waals surface area contributed by atoms with Gasteiger partial charge in [-0.2, -0.15) is 10.2 Å². The van der Waals surface area contributed by atoms with E-state index in [1.165, 1.54) is 13.3 Å². The second-order valence-corrected chi connectivity index (χ2v) is 9.20. The number of ether oxygens (including phenoxy) is 1. The number of nitrogens with zero attached hydrogens (tertiary/aromatic N) is 4. The van der Waals surface area contributed by atoms with Crippen molar-refractivity contribution in [1.29, 1.82) is 0 Å². The van der Waals surface area contributed by atoms with E-state index in [0.717, 1.165) is 0 Å². The van der Waals surface area contributed by atoms with E-state index in [9.17, 15) is 9.59 Å². The average molecular weight is 508 g/mol. The normalized spacial score (nSPS) is 11.6. The third-order valence-corrected chi connectivity index (χ3v) is 4.52. The zero-order chi connectivity index (χ0) is 21.2. The van der Waals surface area contributed by atoms with Crippen LogP contribution in [0.4, 0.5) is 0 Å². The maximum Gasteiger partial charge on any atom is 0.342 e. The summed E-state index contributed by atoms with van der Waals surface area (Å²) >= 11 is 6.32. The predicted molar refractivity (Wildman–Crippen MR) is 108 cm³/mol. The first-order chi connectivity index (χ1) is 12.2. The van der Waals surface area contributed by atoms with Crippen LogP contribution in [0.15, 0.2) is 21.6 Å². The summed E-state index contributed by atoms with van der Waals surface area (Å²) in [6, 6.07) is 0. The number of esters is 1. The Morgan fingerprint density at radius 3 is 1.56 bits per heavy atom. The molecule has 2 heterocycles. The van der Waals surface area contributed by atoms with Crippen molar-refractivity contribution in [2.24, 2.45) is 0 Å². The number of carbonyl (C=O) groups is 2. The zero-order valence-corrected chi connectivity index (χ0v) is 19.5. The molecule has 8 nitrogen and oxygen atoms in total. The molecule has 0 aromatic carbocycles. The third-order valence-electron chi connectivity index (χ3n) is 3.35. The van der Waals surface area contributed by atoms with Gasteiger partial charge in [-0.3, -0.25) is 9.36 Å². The standard InChI is InChI=1S/C9H13BrN2O2.C8H11BrN2O2/c1-9(2,3)12-5-6(7(10)11-12)8(13)14-4;1-8(2,3)11-4-5(7(12)13)6(9)10-11/h5H,1-4H3;4H,1-3H3,(H,12,13). The quantitative estimate of drug-likeness (QED) is 0.609. The summed E-state index contributed by atoms with van der Waals surface area (Å²) in [4.78, 5) is 21.9. The number of aromatic carboxylic acids is 1. The molecule has 0 saturated heterocycles. The van der Waals surface area contributed by atoms with E-state index < -0.39 is 5.97 Å². The van der Waals surface area contributed by atoms with E-state index in [-0.39, 0.29) is 22.6 Å². The van der Waals surface area contributed by atoms with Crippen LogP contribution < -0.4 is 0 Å². The van der Waals surface area contributed by atoms with E-state index in [2.05, 4.69) is 46.8 Å². The molecule has 0 saturated carbocycles. The van der Waals surface area contributed by atoms with E-state index in [1.54, 1.807) is 15.6 Å². The van der Waals surface area contributed by atoms with Crippen LogP contribution in [0.3, 0.4) is 0 Å². The Morgan fingerprint density at radius 2 is 1.30 bits per heavy atom. The highest BCUT2D eigenvalue weighted by atomic mass is 79.9. The minimum atomic E-state index is -0.970. The Kier molecular flexibility index (Phi) is 7.40. The lowest BCUT2D eigenvalue weighted by molar-refractivity contribution is 0.0598. The first-order valence-electron chi connectivity index (χ1n) is 8.01. The van der Waals surface area contributed by atoms with Gasteiger partial charge in [0.15, 0.2) is 0 Å². The summed E-state index contributed by atoms with van der Waals surface area (Å²) in [5.41, 5.74) is 0.294. The van der Waals surface area contributed by atoms with Crippen LogP contribution in [0.2, 0.25) is 0 Å². The molecular formula is C17H24Br2N4O4. The third kappa shape index (κ3) is 6.17. The molecule has 10 heteroatoms. The Hall–Kier alpha value is -1.68. The number of methoxy groups -OCH3 is 1. The Bertz CT molecular complexity index is 829. The summed E-state index contributed by atoms with van der Waals surface area (Å²) in [5, 5.41) is 17.0. The second-order valence-electron chi connectivity index (χ2n) is 7.69. The molecule has 1 N–H and O–H groups in total. The minimum Gasteiger partial charge on any atom is -0.478 e. The maximum atomic E-state index is 11.3. The van der Waals surface area contributed by atoms with E-state index in [1.807, 2.05) is 41.5 Å². The number of hydrogen-bond acceptors (Lipinski definition) is 5. The van der Waals surface area contributed by atoms with Crippen LogP contribution in [-0.4, -0.2) is 43.7 Å². The summed E-state index contributed by atoms with van der Waals surface area (Å²) in [6.45, 7) is 11.9. The largest absolute Gasteiger partial charge is 0.478 e. The molecule has 2 rings (SSSR count). The van der Waals surface area contributed by atoms with Crippen molar-refractivity contribution in [2.45, 2.75) is 52.6 Å². The summed E-state index contributed by atoms with van der Waals surface area (Å²) in [7, 11) is 1.35. The van der Waals surface area contributed by atoms with Crippen molar-refractivity contribution < 1.29 is 19.4 Å². The summed E-state index contributed by atoms with van der Waals surface area (Å²) in [6.07, 6.45) is 3.20. The maximum absolute atomic E-state index is 11.3. The van der Waals surface area contributed by atoms with Gasteiger partial charge in [-0.05, 0) is 73.4 Å². The number of carbonyl (C=O) groups excluding carboxylic acids is 1. The molecule has 27 heavy (non-hydrogen) atoms. The number of halogens is 2. The number of aromatic nitrogens is 4. The van der Waals surface area contributed by atoms with Crippen LogP contribution in [0.1, 0.15) is 62.3 Å². The van der Waals surface area contributed by atoms with Gasteiger partial charge in [-0.15, -0.1) is 0 Å². The molecule has 0 aliphatic heterocycles. The number of carboxylic acid groups (broad SMARTS) is 1. The molecular weight excluding hydrogens is 484 g/mol. The Labute approximate surface area is 175 Å². The predicted octanol–water partition coefficient (Wildman–Crippen LogP) is 4.29. The van der Waals surface area contributed by atoms with E-state index >= 15 is 0 Å². The monoisotopic (exact) mass is 506 g/mol. The SMILES string of the molecule is CC(C)(C)n1cc(C(=O)O)c(Br)n1.COC(=O)c1cn(C(C)(C)C)nc1Br. The molecule has 2 aromatic heterocycles. The van der Waals surface area contributed by atoms with Gasteiger partial charge in [0.25, 0.3) is 0 Å². The Morgan fingerprint density at radius 1 is 0.926 bits per heavy atom. The lowest BCUT2D eigenvalue weighted by Gasteiger charge is -2.18. The topological polar surface area (TPSA) is 99.2 Å². The fourth-order valence-electron chi connectivity index (χ4n) is 1.78. The van der Waals surface area contributed by atoms with Gasteiger partial charge in [0.2, 0.25) is 0 Å². The molecule has 0 fully saturated rings. The molecule has 0 unspecified atom stereocenters. The molecule has 0 radical (unpaired) electrons. The highest BCUT2D eigenvalue weighted by molar-refractivity contribution is 9.10. The van der Waals surface area contributed by atoms with Crippen molar-refractivity contribution >= 4 is 43.8 Å². The smallest absolute Gasteiger partial charge is 0.342 e. The van der Waals surface area contributed by atoms with Gasteiger partial charge < -0.3 is 9.84 Å². The molecule has 0 atom stereocenters. The van der Waals surface area contributed by atoms with Gasteiger partial charge in [0.1, 0.15) is 20.3 Å². The summed E-state index contributed by atoms with van der Waals surface area (Å²) in [5.74, 6) is -1.35. The first-order valence-corrected chi connectivity index (χ1v) is 9.60. The van der Waals surface area contributed by atoms with Crippen LogP contribution in [-0.2, 0) is 15.8 Å². The molecule has 2 aromatic rings. The first kappa shape index (κ1) is 23.4. The molecule has 0 bridgehead atoms. The van der Waals surface area contributed by atoms with Crippen LogP contribution in [0.5, 0.6) is 0 Å². The van der Waals surface area contributed by atoms with Crippen molar-refractivity contribution in [3.63, 3.8) is 0 Å². The van der Waals surface area contributed by atoms with Crippen LogP contribution in [0, 0.1) is 0 Å². The lowest BCUT2D eigenvalue weighted by Crippen LogP contribution is -2.22. The highest BCUT2D eigenvalue weighted by Crippen LogP contribution is 2.21. The van der Waals surface area contributed by atoms with E-state index in [0.29, 0.717) is 14.8 Å². The van der Waals surface area contributed by atoms with E-state index in [4.69, 9.17) is 5.11 Å². The molecule has 0 aliphatic rings. The lowest BCUT2D eigenvalue weighted by atomic mass is 10.1. The molecule has 0 aliphatic carbocycles. The van der Waals surface area contributed by atoms with Crippen LogP contribution >= 0.6 is 31.9 Å². The fraction of sp³-hybridized carbons (Fsp3) is 0.529. The van der Waals surface area contributed by atoms with Crippen LogP contribution in [0.25, 0.3) is 0 Å².